The summed E-state index contributed by atoms with van der Waals surface area (Å²) in [6, 6.07) is 1.43. The molecular formula is C14H20FN3O2. The number of aromatic nitrogens is 1. The molecule has 1 aliphatic heterocycles. The first-order chi connectivity index (χ1) is 9.67. The van der Waals surface area contributed by atoms with Gasteiger partial charge in [-0.05, 0) is 25.8 Å². The largest absolute Gasteiger partial charge is 0.380 e. The Morgan fingerprint density at radius 2 is 2.45 bits per heavy atom. The molecule has 0 saturated carbocycles. The minimum Gasteiger partial charge on any atom is -0.380 e. The van der Waals surface area contributed by atoms with Crippen LogP contribution in [0.1, 0.15) is 30.1 Å². The Hall–Kier alpha value is -1.69. The fourth-order valence-corrected chi connectivity index (χ4v) is 2.38. The van der Waals surface area contributed by atoms with Crippen molar-refractivity contribution >= 4 is 11.7 Å². The molecule has 1 atom stereocenters. The average Bonchev–Trinajstić information content (AvgIpc) is 2.49. The van der Waals surface area contributed by atoms with Gasteiger partial charge in [-0.2, -0.15) is 0 Å². The topological polar surface area (TPSA) is 54.5 Å². The molecule has 1 aliphatic rings. The Kier molecular flexibility index (Phi) is 4.89. The van der Waals surface area contributed by atoms with E-state index in [1.807, 2.05) is 6.92 Å². The zero-order chi connectivity index (χ0) is 14.5. The molecule has 1 N–H and O–H groups in total. The van der Waals surface area contributed by atoms with Crippen molar-refractivity contribution in [2.75, 3.05) is 32.1 Å². The molecule has 1 amide bonds. The van der Waals surface area contributed by atoms with Crippen molar-refractivity contribution in [3.05, 3.63) is 23.6 Å². The second-order valence-corrected chi connectivity index (χ2v) is 4.80. The molecule has 1 fully saturated rings. The number of amides is 1. The third kappa shape index (κ3) is 3.07. The summed E-state index contributed by atoms with van der Waals surface area (Å²) < 4.78 is 19.5. The molecule has 1 unspecified atom stereocenters. The Labute approximate surface area is 118 Å². The van der Waals surface area contributed by atoms with Gasteiger partial charge in [-0.25, -0.2) is 9.37 Å². The Morgan fingerprint density at radius 3 is 3.15 bits per heavy atom. The molecule has 1 aromatic rings. The second kappa shape index (κ2) is 6.65. The van der Waals surface area contributed by atoms with Crippen molar-refractivity contribution in [1.29, 1.82) is 0 Å². The highest BCUT2D eigenvalue weighted by Gasteiger charge is 2.26. The van der Waals surface area contributed by atoms with Gasteiger partial charge in [0.05, 0.1) is 11.7 Å². The van der Waals surface area contributed by atoms with Gasteiger partial charge in [-0.15, -0.1) is 0 Å². The summed E-state index contributed by atoms with van der Waals surface area (Å²) in [4.78, 5) is 18.0. The van der Waals surface area contributed by atoms with Crippen molar-refractivity contribution < 1.29 is 13.9 Å². The highest BCUT2D eigenvalue weighted by atomic mass is 19.1. The average molecular weight is 281 g/mol. The molecule has 6 heteroatoms. The number of halogens is 1. The standard InChI is InChI=1S/C14H20FN3O2/c1-3-16-13-12(15)11(6-7-17-13)14(19)18-8-4-5-10(9-18)20-2/h6-7,10H,3-5,8-9H2,1-2H3,(H,16,17). The summed E-state index contributed by atoms with van der Waals surface area (Å²) >= 11 is 0. The summed E-state index contributed by atoms with van der Waals surface area (Å²) in [5, 5.41) is 2.81. The van der Waals surface area contributed by atoms with Crippen molar-refractivity contribution in [1.82, 2.24) is 9.88 Å². The van der Waals surface area contributed by atoms with Crippen molar-refractivity contribution in [3.63, 3.8) is 0 Å². The predicted molar refractivity (Wildman–Crippen MR) is 74.3 cm³/mol. The normalized spacial score (nSPS) is 18.9. The minimum absolute atomic E-state index is 0.0332. The van der Waals surface area contributed by atoms with Crippen LogP contribution < -0.4 is 5.32 Å². The van der Waals surface area contributed by atoms with Crippen LogP contribution in [0.15, 0.2) is 12.3 Å². The number of hydrogen-bond acceptors (Lipinski definition) is 4. The van der Waals surface area contributed by atoms with Crippen LogP contribution in [0.3, 0.4) is 0 Å². The van der Waals surface area contributed by atoms with E-state index in [1.54, 1.807) is 12.0 Å². The Morgan fingerprint density at radius 1 is 1.65 bits per heavy atom. The summed E-state index contributed by atoms with van der Waals surface area (Å²) in [7, 11) is 1.63. The van der Waals surface area contributed by atoms with E-state index in [0.29, 0.717) is 19.6 Å². The van der Waals surface area contributed by atoms with Gasteiger partial charge in [0.1, 0.15) is 0 Å². The molecule has 1 aromatic heterocycles. The monoisotopic (exact) mass is 281 g/mol. The minimum atomic E-state index is -0.584. The Balaban J connectivity index is 2.18. The molecule has 5 nitrogen and oxygen atoms in total. The predicted octanol–water partition coefficient (Wildman–Crippen LogP) is 1.90. The van der Waals surface area contributed by atoms with Gasteiger partial charge < -0.3 is 15.0 Å². The van der Waals surface area contributed by atoms with E-state index in [4.69, 9.17) is 4.74 Å². The third-order valence-electron chi connectivity index (χ3n) is 3.46. The van der Waals surface area contributed by atoms with E-state index >= 15 is 0 Å². The quantitative estimate of drug-likeness (QED) is 0.916. The molecule has 1 saturated heterocycles. The van der Waals surface area contributed by atoms with Gasteiger partial charge >= 0.3 is 0 Å². The number of likely N-dealkylation sites (tertiary alicyclic amines) is 1. The number of pyridine rings is 1. The van der Waals surface area contributed by atoms with Gasteiger partial charge in [0.15, 0.2) is 11.6 Å². The van der Waals surface area contributed by atoms with E-state index in [0.717, 1.165) is 12.8 Å². The second-order valence-electron chi connectivity index (χ2n) is 4.80. The summed E-state index contributed by atoms with van der Waals surface area (Å²) in [5.41, 5.74) is 0.0627. The molecule has 20 heavy (non-hydrogen) atoms. The lowest BCUT2D eigenvalue weighted by atomic mass is 10.1. The summed E-state index contributed by atoms with van der Waals surface area (Å²) in [6.07, 6.45) is 3.29. The number of nitrogens with zero attached hydrogens (tertiary/aromatic N) is 2. The molecule has 0 bridgehead atoms. The molecule has 0 aliphatic carbocycles. The van der Waals surface area contributed by atoms with E-state index in [-0.39, 0.29) is 23.4 Å². The van der Waals surface area contributed by atoms with Crippen molar-refractivity contribution in [3.8, 4) is 0 Å². The summed E-state index contributed by atoms with van der Waals surface area (Å²) in [5.74, 6) is -0.761. The lowest BCUT2D eigenvalue weighted by Crippen LogP contribution is -2.43. The molecule has 0 spiro atoms. The van der Waals surface area contributed by atoms with Crippen LogP contribution in [0.5, 0.6) is 0 Å². The maximum absolute atomic E-state index is 14.2. The van der Waals surface area contributed by atoms with Gasteiger partial charge in [0, 0.05) is 32.9 Å². The van der Waals surface area contributed by atoms with Crippen LogP contribution in [-0.4, -0.2) is 48.6 Å². The molecular weight excluding hydrogens is 261 g/mol. The number of rotatable bonds is 4. The molecule has 110 valence electrons. The number of ether oxygens (including phenoxy) is 1. The van der Waals surface area contributed by atoms with E-state index in [9.17, 15) is 9.18 Å². The highest BCUT2D eigenvalue weighted by molar-refractivity contribution is 5.95. The molecule has 0 aromatic carbocycles. The number of hydrogen-bond donors (Lipinski definition) is 1. The van der Waals surface area contributed by atoms with E-state index in [1.165, 1.54) is 12.3 Å². The Bertz CT molecular complexity index is 481. The van der Waals surface area contributed by atoms with Crippen LogP contribution in [0.4, 0.5) is 10.2 Å². The van der Waals surface area contributed by atoms with Crippen molar-refractivity contribution in [2.45, 2.75) is 25.9 Å². The van der Waals surface area contributed by atoms with Crippen LogP contribution >= 0.6 is 0 Å². The zero-order valence-electron chi connectivity index (χ0n) is 11.9. The first-order valence-corrected chi connectivity index (χ1v) is 6.87. The smallest absolute Gasteiger partial charge is 0.257 e. The zero-order valence-corrected chi connectivity index (χ0v) is 11.9. The summed E-state index contributed by atoms with van der Waals surface area (Å²) in [6.45, 7) is 3.55. The number of methoxy groups -OCH3 is 1. The fraction of sp³-hybridized carbons (Fsp3) is 0.571. The number of carbonyl (C=O) groups is 1. The van der Waals surface area contributed by atoms with Crippen LogP contribution in [0.2, 0.25) is 0 Å². The van der Waals surface area contributed by atoms with E-state index < -0.39 is 5.82 Å². The maximum atomic E-state index is 14.2. The van der Waals surface area contributed by atoms with Gasteiger partial charge in [-0.3, -0.25) is 4.79 Å². The first kappa shape index (κ1) is 14.7. The van der Waals surface area contributed by atoms with Gasteiger partial charge in [0.2, 0.25) is 0 Å². The lowest BCUT2D eigenvalue weighted by molar-refractivity contribution is 0.0266. The van der Waals surface area contributed by atoms with Gasteiger partial charge in [0.25, 0.3) is 5.91 Å². The number of anilines is 1. The number of piperidine rings is 1. The van der Waals surface area contributed by atoms with Gasteiger partial charge in [-0.1, -0.05) is 0 Å². The third-order valence-corrected chi connectivity index (χ3v) is 3.46. The molecule has 2 heterocycles. The molecule has 0 radical (unpaired) electrons. The highest BCUT2D eigenvalue weighted by Crippen LogP contribution is 2.20. The number of carbonyl (C=O) groups excluding carboxylic acids is 1. The molecule has 2 rings (SSSR count). The van der Waals surface area contributed by atoms with Crippen LogP contribution in [0, 0.1) is 5.82 Å². The fourth-order valence-electron chi connectivity index (χ4n) is 2.38. The van der Waals surface area contributed by atoms with Crippen LogP contribution in [-0.2, 0) is 4.74 Å². The van der Waals surface area contributed by atoms with Crippen LogP contribution in [0.25, 0.3) is 0 Å². The number of nitrogens with one attached hydrogen (secondary N) is 1. The SMILES string of the molecule is CCNc1nccc(C(=O)N2CCCC(OC)C2)c1F. The van der Waals surface area contributed by atoms with Crippen molar-refractivity contribution in [2.24, 2.45) is 0 Å². The lowest BCUT2D eigenvalue weighted by Gasteiger charge is -2.32. The first-order valence-electron chi connectivity index (χ1n) is 6.87. The van der Waals surface area contributed by atoms with E-state index in [2.05, 4.69) is 10.3 Å². The maximum Gasteiger partial charge on any atom is 0.257 e.